The zero-order valence-electron chi connectivity index (χ0n) is 18.0. The van der Waals surface area contributed by atoms with Crippen molar-refractivity contribution in [3.8, 4) is 0 Å². The Labute approximate surface area is 175 Å². The van der Waals surface area contributed by atoms with E-state index in [1.807, 2.05) is 30.0 Å². The first-order valence-electron chi connectivity index (χ1n) is 11.1. The molecule has 3 rings (SSSR count). The number of piperazine rings is 1. The minimum atomic E-state index is -0.108. The highest BCUT2D eigenvalue weighted by Gasteiger charge is 2.30. The predicted octanol–water partition coefficient (Wildman–Crippen LogP) is 2.13. The topological polar surface area (TPSA) is 55.9 Å². The summed E-state index contributed by atoms with van der Waals surface area (Å²) in [5.41, 5.74) is 1.15. The number of hydrogen-bond donors (Lipinski definition) is 1. The van der Waals surface area contributed by atoms with Gasteiger partial charge in [0.15, 0.2) is 0 Å². The summed E-state index contributed by atoms with van der Waals surface area (Å²) in [6, 6.07) is 10.2. The van der Waals surface area contributed by atoms with E-state index in [4.69, 9.17) is 0 Å². The number of rotatable bonds is 7. The first-order chi connectivity index (χ1) is 14.1. The van der Waals surface area contributed by atoms with Gasteiger partial charge in [-0.2, -0.15) is 0 Å². The van der Waals surface area contributed by atoms with Gasteiger partial charge in [-0.3, -0.25) is 14.5 Å². The van der Waals surface area contributed by atoms with E-state index in [0.29, 0.717) is 13.0 Å². The molecule has 2 amide bonds. The van der Waals surface area contributed by atoms with Crippen molar-refractivity contribution >= 4 is 11.8 Å². The van der Waals surface area contributed by atoms with Gasteiger partial charge in [0.2, 0.25) is 11.8 Å². The third-order valence-electron chi connectivity index (χ3n) is 6.16. The number of likely N-dealkylation sites (tertiary alicyclic amines) is 1. The van der Waals surface area contributed by atoms with Crippen LogP contribution >= 0.6 is 0 Å². The van der Waals surface area contributed by atoms with E-state index in [0.717, 1.165) is 64.1 Å². The minimum absolute atomic E-state index is 0.0196. The molecule has 2 aliphatic rings. The van der Waals surface area contributed by atoms with Gasteiger partial charge < -0.3 is 15.1 Å². The molecule has 29 heavy (non-hydrogen) atoms. The maximum atomic E-state index is 13.1. The molecule has 2 atom stereocenters. The van der Waals surface area contributed by atoms with Gasteiger partial charge in [-0.05, 0) is 31.9 Å². The molecule has 1 aromatic carbocycles. The Morgan fingerprint density at radius 3 is 2.52 bits per heavy atom. The van der Waals surface area contributed by atoms with Crippen molar-refractivity contribution in [2.75, 3.05) is 52.9 Å². The molecule has 0 radical (unpaired) electrons. The van der Waals surface area contributed by atoms with Crippen LogP contribution in [0.1, 0.15) is 44.2 Å². The Hall–Kier alpha value is -1.92. The van der Waals surface area contributed by atoms with Gasteiger partial charge in [-0.25, -0.2) is 0 Å². The molecule has 0 saturated carbocycles. The number of amides is 2. The molecule has 2 aliphatic heterocycles. The van der Waals surface area contributed by atoms with Gasteiger partial charge in [-0.15, -0.1) is 0 Å². The standard InChI is InChI=1S/C23H36N4O2/c1-3-8-22(28)27-12-7-11-20(17-27)23(29)24-21(19-9-5-4-6-10-19)18-26-15-13-25(2)14-16-26/h4-6,9-10,20-21H,3,7-8,11-18H2,1-2H3,(H,24,29). The molecule has 2 unspecified atom stereocenters. The molecule has 0 aromatic heterocycles. The Morgan fingerprint density at radius 2 is 1.83 bits per heavy atom. The van der Waals surface area contributed by atoms with Crippen LogP contribution in [0.15, 0.2) is 30.3 Å². The summed E-state index contributed by atoms with van der Waals surface area (Å²) < 4.78 is 0. The van der Waals surface area contributed by atoms with Crippen molar-refractivity contribution in [3.05, 3.63) is 35.9 Å². The maximum absolute atomic E-state index is 13.1. The highest BCUT2D eigenvalue weighted by molar-refractivity contribution is 5.81. The van der Waals surface area contributed by atoms with Gasteiger partial charge in [0.05, 0.1) is 12.0 Å². The highest BCUT2D eigenvalue weighted by atomic mass is 16.2. The second kappa shape index (κ2) is 10.7. The van der Waals surface area contributed by atoms with E-state index >= 15 is 0 Å². The van der Waals surface area contributed by atoms with E-state index in [9.17, 15) is 9.59 Å². The van der Waals surface area contributed by atoms with Crippen LogP contribution in [-0.2, 0) is 9.59 Å². The number of piperidine rings is 1. The molecular formula is C23H36N4O2. The second-order valence-electron chi connectivity index (χ2n) is 8.50. The predicted molar refractivity (Wildman–Crippen MR) is 115 cm³/mol. The Morgan fingerprint density at radius 1 is 1.10 bits per heavy atom. The monoisotopic (exact) mass is 400 g/mol. The van der Waals surface area contributed by atoms with Crippen LogP contribution in [0, 0.1) is 5.92 Å². The average molecular weight is 401 g/mol. The largest absolute Gasteiger partial charge is 0.348 e. The van der Waals surface area contributed by atoms with Crippen LogP contribution in [0.2, 0.25) is 0 Å². The average Bonchev–Trinajstić information content (AvgIpc) is 2.75. The molecule has 0 spiro atoms. The van der Waals surface area contributed by atoms with Gasteiger partial charge in [0, 0.05) is 52.2 Å². The molecule has 1 N–H and O–H groups in total. The maximum Gasteiger partial charge on any atom is 0.225 e. The third kappa shape index (κ3) is 6.28. The lowest BCUT2D eigenvalue weighted by atomic mass is 9.95. The summed E-state index contributed by atoms with van der Waals surface area (Å²) in [5.74, 6) is 0.160. The molecule has 2 saturated heterocycles. The second-order valence-corrected chi connectivity index (χ2v) is 8.50. The fourth-order valence-electron chi connectivity index (χ4n) is 4.29. The van der Waals surface area contributed by atoms with Crippen LogP contribution in [0.25, 0.3) is 0 Å². The lowest BCUT2D eigenvalue weighted by Gasteiger charge is -2.36. The summed E-state index contributed by atoms with van der Waals surface area (Å²) in [4.78, 5) is 32.1. The van der Waals surface area contributed by atoms with Crippen molar-refractivity contribution in [1.82, 2.24) is 20.0 Å². The fraction of sp³-hybridized carbons (Fsp3) is 0.652. The van der Waals surface area contributed by atoms with Crippen molar-refractivity contribution in [2.24, 2.45) is 5.92 Å². The molecular weight excluding hydrogens is 364 g/mol. The van der Waals surface area contributed by atoms with E-state index in [-0.39, 0.29) is 23.8 Å². The van der Waals surface area contributed by atoms with E-state index < -0.39 is 0 Å². The number of carbonyl (C=O) groups is 2. The number of nitrogens with one attached hydrogen (secondary N) is 1. The van der Waals surface area contributed by atoms with Gasteiger partial charge in [0.1, 0.15) is 0 Å². The first kappa shape index (κ1) is 21.8. The van der Waals surface area contributed by atoms with Crippen LogP contribution < -0.4 is 5.32 Å². The number of nitrogens with zero attached hydrogens (tertiary/aromatic N) is 3. The minimum Gasteiger partial charge on any atom is -0.348 e. The summed E-state index contributed by atoms with van der Waals surface area (Å²) in [6.45, 7) is 8.37. The van der Waals surface area contributed by atoms with Gasteiger partial charge in [0.25, 0.3) is 0 Å². The number of benzene rings is 1. The van der Waals surface area contributed by atoms with E-state index in [1.165, 1.54) is 0 Å². The Balaban J connectivity index is 1.63. The highest BCUT2D eigenvalue weighted by Crippen LogP contribution is 2.21. The van der Waals surface area contributed by atoms with Crippen LogP contribution in [-0.4, -0.2) is 79.4 Å². The number of likely N-dealkylation sites (N-methyl/N-ethyl adjacent to an activating group) is 1. The molecule has 160 valence electrons. The normalized spacial score (nSPS) is 22.3. The van der Waals surface area contributed by atoms with E-state index in [1.54, 1.807) is 0 Å². The summed E-state index contributed by atoms with van der Waals surface area (Å²) >= 11 is 0. The summed E-state index contributed by atoms with van der Waals surface area (Å²) in [7, 11) is 2.16. The van der Waals surface area contributed by atoms with E-state index in [2.05, 4.69) is 34.3 Å². The third-order valence-corrected chi connectivity index (χ3v) is 6.16. The van der Waals surface area contributed by atoms with Crippen LogP contribution in [0.4, 0.5) is 0 Å². The van der Waals surface area contributed by atoms with Crippen molar-refractivity contribution < 1.29 is 9.59 Å². The Bertz CT molecular complexity index is 658. The molecule has 6 heteroatoms. The fourth-order valence-corrected chi connectivity index (χ4v) is 4.29. The van der Waals surface area contributed by atoms with Gasteiger partial charge >= 0.3 is 0 Å². The number of hydrogen-bond acceptors (Lipinski definition) is 4. The van der Waals surface area contributed by atoms with Gasteiger partial charge in [-0.1, -0.05) is 37.3 Å². The lowest BCUT2D eigenvalue weighted by molar-refractivity contribution is -0.136. The van der Waals surface area contributed by atoms with Crippen LogP contribution in [0.5, 0.6) is 0 Å². The molecule has 0 aliphatic carbocycles. The van der Waals surface area contributed by atoms with Crippen LogP contribution in [0.3, 0.4) is 0 Å². The lowest BCUT2D eigenvalue weighted by Crippen LogP contribution is -2.50. The Kier molecular flexibility index (Phi) is 8.07. The zero-order chi connectivity index (χ0) is 20.6. The SMILES string of the molecule is CCCC(=O)N1CCCC(C(=O)NC(CN2CCN(C)CC2)c2ccccc2)C1. The molecule has 1 aromatic rings. The zero-order valence-corrected chi connectivity index (χ0v) is 18.0. The molecule has 0 bridgehead atoms. The molecule has 2 fully saturated rings. The molecule has 6 nitrogen and oxygen atoms in total. The summed E-state index contributed by atoms with van der Waals surface area (Å²) in [6.07, 6.45) is 3.19. The molecule has 2 heterocycles. The quantitative estimate of drug-likeness (QED) is 0.762. The first-order valence-corrected chi connectivity index (χ1v) is 11.1. The van der Waals surface area contributed by atoms with Crippen molar-refractivity contribution in [2.45, 2.75) is 38.6 Å². The van der Waals surface area contributed by atoms with Crippen molar-refractivity contribution in [3.63, 3.8) is 0 Å². The summed E-state index contributed by atoms with van der Waals surface area (Å²) in [5, 5.41) is 3.32. The number of carbonyl (C=O) groups excluding carboxylic acids is 2. The van der Waals surface area contributed by atoms with Crippen molar-refractivity contribution in [1.29, 1.82) is 0 Å². The smallest absolute Gasteiger partial charge is 0.225 e.